The lowest BCUT2D eigenvalue weighted by atomic mass is 9.92. The highest BCUT2D eigenvalue weighted by atomic mass is 16.6. The summed E-state index contributed by atoms with van der Waals surface area (Å²) in [5.41, 5.74) is 8.60. The largest absolute Gasteiger partial charge is 0.396 e. The quantitative estimate of drug-likeness (QED) is 0.487. The number of nitro benzene ring substituents is 2. The molecule has 0 aliphatic heterocycles. The Morgan fingerprint density at radius 2 is 1.58 bits per heavy atom. The number of rotatable bonds is 3. The number of nitrogen functional groups attached to an aromatic ring is 2. The number of hydrogen-bond donors (Lipinski definition) is 2. The molecule has 0 aliphatic rings. The van der Waals surface area contributed by atoms with Gasteiger partial charge in [0, 0.05) is 12.1 Å². The van der Waals surface area contributed by atoms with Crippen LogP contribution in [0.4, 0.5) is 22.7 Å². The van der Waals surface area contributed by atoms with Gasteiger partial charge in [0.05, 0.1) is 26.7 Å². The molecule has 24 heavy (non-hydrogen) atoms. The van der Waals surface area contributed by atoms with Gasteiger partial charge in [-0.25, -0.2) is 0 Å². The fraction of sp³-hybridized carbons (Fsp3) is 0. The molecule has 0 amide bonds. The summed E-state index contributed by atoms with van der Waals surface area (Å²) in [4.78, 5) is 20.8. The van der Waals surface area contributed by atoms with E-state index in [2.05, 4.69) is 0 Å². The zero-order valence-corrected chi connectivity index (χ0v) is 11.9. The van der Waals surface area contributed by atoms with Gasteiger partial charge in [-0.05, 0) is 5.56 Å². The van der Waals surface area contributed by atoms with Crippen molar-refractivity contribution in [1.82, 2.24) is 0 Å². The Labute approximate surface area is 134 Å². The monoisotopic (exact) mass is 324 g/mol. The first-order valence-electron chi connectivity index (χ1n) is 6.27. The predicted molar refractivity (Wildman–Crippen MR) is 83.4 cm³/mol. The van der Waals surface area contributed by atoms with Gasteiger partial charge in [-0.1, -0.05) is 12.1 Å². The summed E-state index contributed by atoms with van der Waals surface area (Å²) in [6.45, 7) is 0. The Morgan fingerprint density at radius 3 is 2.08 bits per heavy atom. The van der Waals surface area contributed by atoms with Crippen molar-refractivity contribution in [2.45, 2.75) is 0 Å². The third-order valence-corrected chi connectivity index (χ3v) is 3.30. The number of nitrogens with zero attached hydrogens (tertiary/aromatic N) is 4. The first-order valence-corrected chi connectivity index (χ1v) is 6.27. The number of anilines is 2. The van der Waals surface area contributed by atoms with E-state index in [-0.39, 0.29) is 33.6 Å². The Kier molecular flexibility index (Phi) is 3.98. The van der Waals surface area contributed by atoms with Crippen molar-refractivity contribution in [2.24, 2.45) is 0 Å². The van der Waals surface area contributed by atoms with E-state index in [0.29, 0.717) is 0 Å². The molecule has 0 saturated heterocycles. The van der Waals surface area contributed by atoms with E-state index in [4.69, 9.17) is 16.7 Å². The summed E-state index contributed by atoms with van der Waals surface area (Å²) < 4.78 is 0. The molecule has 4 N–H and O–H groups in total. The van der Waals surface area contributed by atoms with Gasteiger partial charge in [0.25, 0.3) is 5.69 Å². The molecular formula is C14H8N6O4. The average molecular weight is 324 g/mol. The lowest BCUT2D eigenvalue weighted by Crippen LogP contribution is -2.07. The number of benzene rings is 2. The summed E-state index contributed by atoms with van der Waals surface area (Å²) in [6, 6.07) is 8.24. The van der Waals surface area contributed by atoms with E-state index < -0.39 is 21.2 Å². The van der Waals surface area contributed by atoms with Crippen molar-refractivity contribution in [3.63, 3.8) is 0 Å². The highest BCUT2D eigenvalue weighted by Crippen LogP contribution is 2.43. The van der Waals surface area contributed by atoms with Gasteiger partial charge in [-0.2, -0.15) is 10.5 Å². The maximum absolute atomic E-state index is 11.4. The Hall–Kier alpha value is -4.18. The van der Waals surface area contributed by atoms with Gasteiger partial charge in [0.15, 0.2) is 0 Å². The van der Waals surface area contributed by atoms with Crippen LogP contribution in [0.5, 0.6) is 0 Å². The summed E-state index contributed by atoms with van der Waals surface area (Å²) in [7, 11) is 0. The molecule has 0 atom stereocenters. The fourth-order valence-electron chi connectivity index (χ4n) is 2.26. The van der Waals surface area contributed by atoms with Crippen LogP contribution >= 0.6 is 0 Å². The van der Waals surface area contributed by atoms with Gasteiger partial charge in [0.2, 0.25) is 0 Å². The average Bonchev–Trinajstić information content (AvgIpc) is 2.54. The molecule has 0 fully saturated rings. The second-order valence-corrected chi connectivity index (χ2v) is 4.59. The van der Waals surface area contributed by atoms with Crippen molar-refractivity contribution in [3.05, 3.63) is 55.6 Å². The summed E-state index contributed by atoms with van der Waals surface area (Å²) in [5.74, 6) is 0. The van der Waals surface area contributed by atoms with Crippen molar-refractivity contribution in [1.29, 1.82) is 10.5 Å². The molecule has 10 nitrogen and oxygen atoms in total. The molecule has 2 aromatic rings. The maximum atomic E-state index is 11.4. The van der Waals surface area contributed by atoms with Gasteiger partial charge in [-0.15, -0.1) is 0 Å². The molecule has 10 heteroatoms. The summed E-state index contributed by atoms with van der Waals surface area (Å²) in [6.07, 6.45) is 0. The molecule has 0 aliphatic carbocycles. The van der Waals surface area contributed by atoms with Crippen molar-refractivity contribution in [3.8, 4) is 23.3 Å². The highest BCUT2D eigenvalue weighted by molar-refractivity contribution is 5.95. The number of non-ortho nitro benzene ring substituents is 1. The van der Waals surface area contributed by atoms with E-state index in [9.17, 15) is 25.5 Å². The van der Waals surface area contributed by atoms with Crippen LogP contribution in [0.25, 0.3) is 11.1 Å². The maximum Gasteiger partial charge on any atom is 0.302 e. The molecular weight excluding hydrogens is 316 g/mol. The molecule has 0 radical (unpaired) electrons. The van der Waals surface area contributed by atoms with Crippen LogP contribution < -0.4 is 11.5 Å². The minimum absolute atomic E-state index is 0.0235. The molecule has 2 rings (SSSR count). The normalized spacial score (nSPS) is 9.75. The zero-order chi connectivity index (χ0) is 18.0. The van der Waals surface area contributed by atoms with Crippen LogP contribution in [0.15, 0.2) is 24.3 Å². The SMILES string of the molecule is N#Cc1c(N)c(C#N)c(-c2cccc([N+](=O)[O-])c2)c([N+](=O)[O-])c1N. The molecule has 2 aromatic carbocycles. The molecule has 118 valence electrons. The Morgan fingerprint density at radius 1 is 0.958 bits per heavy atom. The second kappa shape index (κ2) is 5.90. The zero-order valence-electron chi connectivity index (χ0n) is 11.9. The van der Waals surface area contributed by atoms with Crippen molar-refractivity contribution < 1.29 is 9.85 Å². The molecule has 0 unspecified atom stereocenters. The smallest absolute Gasteiger partial charge is 0.302 e. The molecule has 0 bridgehead atoms. The first kappa shape index (κ1) is 16.2. The van der Waals surface area contributed by atoms with Crippen LogP contribution in [0.1, 0.15) is 11.1 Å². The number of nitro groups is 2. The van der Waals surface area contributed by atoms with Gasteiger partial charge >= 0.3 is 5.69 Å². The van der Waals surface area contributed by atoms with E-state index in [1.807, 2.05) is 0 Å². The van der Waals surface area contributed by atoms with Crippen molar-refractivity contribution in [2.75, 3.05) is 11.5 Å². The number of nitriles is 2. The van der Waals surface area contributed by atoms with E-state index in [1.165, 1.54) is 18.2 Å². The van der Waals surface area contributed by atoms with E-state index in [1.54, 1.807) is 12.1 Å². The van der Waals surface area contributed by atoms with Crippen molar-refractivity contribution >= 4 is 22.7 Å². The fourth-order valence-corrected chi connectivity index (χ4v) is 2.26. The van der Waals surface area contributed by atoms with Crippen LogP contribution in [0, 0.1) is 42.9 Å². The summed E-state index contributed by atoms with van der Waals surface area (Å²) >= 11 is 0. The Balaban J connectivity index is 3.01. The van der Waals surface area contributed by atoms with Gasteiger partial charge in [-0.3, -0.25) is 20.2 Å². The molecule has 0 saturated carbocycles. The van der Waals surface area contributed by atoms with E-state index in [0.717, 1.165) is 6.07 Å². The number of nitrogens with two attached hydrogens (primary N) is 2. The third-order valence-electron chi connectivity index (χ3n) is 3.30. The second-order valence-electron chi connectivity index (χ2n) is 4.59. The third kappa shape index (κ3) is 2.40. The van der Waals surface area contributed by atoms with Gasteiger partial charge < -0.3 is 11.5 Å². The molecule has 0 aromatic heterocycles. The van der Waals surface area contributed by atoms with Crippen LogP contribution in [-0.2, 0) is 0 Å². The minimum atomic E-state index is -0.857. The minimum Gasteiger partial charge on any atom is -0.396 e. The van der Waals surface area contributed by atoms with Crippen LogP contribution in [0.3, 0.4) is 0 Å². The van der Waals surface area contributed by atoms with Crippen LogP contribution in [0.2, 0.25) is 0 Å². The standard InChI is InChI=1S/C14H8N6O4/c15-5-9-11(7-2-1-3-8(4-7)19(21)22)14(20(23)24)13(18)10(6-16)12(9)17/h1-4H,17-18H2. The van der Waals surface area contributed by atoms with Gasteiger partial charge in [0.1, 0.15) is 23.4 Å². The van der Waals surface area contributed by atoms with E-state index >= 15 is 0 Å². The summed E-state index contributed by atoms with van der Waals surface area (Å²) in [5, 5.41) is 40.7. The predicted octanol–water partition coefficient (Wildman–Crippen LogP) is 2.08. The first-order chi connectivity index (χ1) is 11.3. The lowest BCUT2D eigenvalue weighted by Gasteiger charge is -2.12. The topological polar surface area (TPSA) is 186 Å². The Bertz CT molecular complexity index is 971. The molecule has 0 spiro atoms. The highest BCUT2D eigenvalue weighted by Gasteiger charge is 2.30. The molecule has 0 heterocycles. The lowest BCUT2D eigenvalue weighted by molar-refractivity contribution is -0.384. The number of hydrogen-bond acceptors (Lipinski definition) is 8. The van der Waals surface area contributed by atoms with Crippen LogP contribution in [-0.4, -0.2) is 9.85 Å².